The van der Waals surface area contributed by atoms with Gasteiger partial charge in [-0.2, -0.15) is 0 Å². The summed E-state index contributed by atoms with van der Waals surface area (Å²) in [5.74, 6) is -1.50. The Kier molecular flexibility index (Phi) is 10.7. The van der Waals surface area contributed by atoms with Crippen molar-refractivity contribution < 1.29 is 29.3 Å². The minimum atomic E-state index is -1.23. The van der Waals surface area contributed by atoms with E-state index < -0.39 is 35.6 Å². The number of hydrogen-bond acceptors (Lipinski definition) is 6. The van der Waals surface area contributed by atoms with Gasteiger partial charge in [-0.05, 0) is 50.5 Å². The Morgan fingerprint density at radius 2 is 1.80 bits per heavy atom. The lowest BCUT2D eigenvalue weighted by Crippen LogP contribution is -2.45. The topological polar surface area (TPSA) is 104 Å². The maximum Gasteiger partial charge on any atom is 0.309 e. The largest absolute Gasteiger partial charge is 0.457 e. The van der Waals surface area contributed by atoms with Crippen molar-refractivity contribution in [2.75, 3.05) is 6.54 Å². The van der Waals surface area contributed by atoms with E-state index in [0.717, 1.165) is 44.2 Å². The van der Waals surface area contributed by atoms with Crippen LogP contribution in [0.25, 0.3) is 0 Å². The second-order valence-electron chi connectivity index (χ2n) is 11.0. The van der Waals surface area contributed by atoms with Gasteiger partial charge < -0.3 is 19.8 Å². The smallest absolute Gasteiger partial charge is 0.309 e. The summed E-state index contributed by atoms with van der Waals surface area (Å²) < 4.78 is 5.80. The number of ketones is 1. The maximum atomic E-state index is 13.2. The zero-order chi connectivity index (χ0) is 26.3. The molecule has 0 aromatic rings. The first-order valence-electron chi connectivity index (χ1n) is 13.1. The summed E-state index contributed by atoms with van der Waals surface area (Å²) in [6, 6.07) is -0.00733. The number of amides is 1. The van der Waals surface area contributed by atoms with E-state index in [9.17, 15) is 24.6 Å². The summed E-state index contributed by atoms with van der Waals surface area (Å²) in [4.78, 5) is 39.8. The van der Waals surface area contributed by atoms with Crippen LogP contribution in [0.4, 0.5) is 0 Å². The summed E-state index contributed by atoms with van der Waals surface area (Å²) in [5.41, 5.74) is -0.333. The Labute approximate surface area is 210 Å². The van der Waals surface area contributed by atoms with Gasteiger partial charge in [-0.25, -0.2) is 0 Å². The molecule has 2 aliphatic rings. The van der Waals surface area contributed by atoms with Crippen LogP contribution < -0.4 is 0 Å². The van der Waals surface area contributed by atoms with E-state index in [0.29, 0.717) is 6.42 Å². The average molecular weight is 492 g/mol. The lowest BCUT2D eigenvalue weighted by Gasteiger charge is -2.34. The highest BCUT2D eigenvalue weighted by Gasteiger charge is 2.42. The Hall–Kier alpha value is -1.99. The first-order valence-corrected chi connectivity index (χ1v) is 13.1. The van der Waals surface area contributed by atoms with E-state index in [1.165, 1.54) is 0 Å². The molecule has 2 unspecified atom stereocenters. The molecule has 0 aromatic heterocycles. The molecule has 2 aliphatic heterocycles. The van der Waals surface area contributed by atoms with Crippen LogP contribution in [0.3, 0.4) is 0 Å². The number of aliphatic hydroxyl groups excluding tert-OH is 2. The molecule has 0 radical (unpaired) electrons. The minimum Gasteiger partial charge on any atom is -0.457 e. The average Bonchev–Trinajstić information content (AvgIpc) is 3.26. The highest BCUT2D eigenvalue weighted by molar-refractivity contribution is 5.88. The predicted octanol–water partition coefficient (Wildman–Crippen LogP) is 3.97. The fraction of sp³-hybridized carbons (Fsp3) is 0.750. The number of hydrogen-bond donors (Lipinski definition) is 2. The van der Waals surface area contributed by atoms with Gasteiger partial charge in [-0.15, -0.1) is 0 Å². The molecule has 1 fully saturated rings. The van der Waals surface area contributed by atoms with Crippen molar-refractivity contribution in [3.05, 3.63) is 23.8 Å². The highest BCUT2D eigenvalue weighted by Crippen LogP contribution is 2.32. The van der Waals surface area contributed by atoms with Crippen molar-refractivity contribution in [1.82, 2.24) is 4.90 Å². The number of ether oxygens (including phenoxy) is 1. The summed E-state index contributed by atoms with van der Waals surface area (Å²) >= 11 is 0. The molecule has 0 saturated carbocycles. The molecular formula is C28H45NO6. The van der Waals surface area contributed by atoms with Crippen LogP contribution in [0.15, 0.2) is 23.8 Å². The molecule has 198 valence electrons. The summed E-state index contributed by atoms with van der Waals surface area (Å²) in [7, 11) is 0. The number of carbonyl (C=O) groups excluding carboxylic acids is 3. The maximum absolute atomic E-state index is 13.2. The van der Waals surface area contributed by atoms with Gasteiger partial charge in [0.1, 0.15) is 11.9 Å². The first-order chi connectivity index (χ1) is 16.4. The Balaban J connectivity index is 2.26. The van der Waals surface area contributed by atoms with Crippen molar-refractivity contribution in [2.45, 2.75) is 111 Å². The van der Waals surface area contributed by atoms with Crippen LogP contribution in [0.2, 0.25) is 0 Å². The van der Waals surface area contributed by atoms with E-state index in [1.807, 2.05) is 30.9 Å². The number of allylic oxidation sites excluding steroid dienone is 1. The third-order valence-corrected chi connectivity index (χ3v) is 7.82. The van der Waals surface area contributed by atoms with Gasteiger partial charge in [0.05, 0.1) is 30.1 Å². The third-order valence-electron chi connectivity index (χ3n) is 7.82. The van der Waals surface area contributed by atoms with Gasteiger partial charge in [0.2, 0.25) is 5.91 Å². The molecule has 0 spiro atoms. The van der Waals surface area contributed by atoms with Crippen molar-refractivity contribution in [1.29, 1.82) is 0 Å². The van der Waals surface area contributed by atoms with Gasteiger partial charge in [-0.3, -0.25) is 14.4 Å². The van der Waals surface area contributed by atoms with Crippen molar-refractivity contribution in [3.8, 4) is 0 Å². The number of Topliss-reactive ketones (excluding diaryl/α,β-unsaturated/α-hetero) is 1. The van der Waals surface area contributed by atoms with Crippen LogP contribution in [-0.4, -0.2) is 63.7 Å². The van der Waals surface area contributed by atoms with Crippen LogP contribution in [0.1, 0.15) is 86.5 Å². The predicted molar refractivity (Wildman–Crippen MR) is 135 cm³/mol. The van der Waals surface area contributed by atoms with Crippen LogP contribution in [0.5, 0.6) is 0 Å². The molecule has 1 amide bonds. The van der Waals surface area contributed by atoms with Gasteiger partial charge in [0.15, 0.2) is 0 Å². The number of carbonyl (C=O) groups is 3. The monoisotopic (exact) mass is 491 g/mol. The molecule has 2 N–H and O–H groups in total. The van der Waals surface area contributed by atoms with Gasteiger partial charge in [0.25, 0.3) is 0 Å². The summed E-state index contributed by atoms with van der Waals surface area (Å²) in [6.45, 7) is 11.1. The summed E-state index contributed by atoms with van der Waals surface area (Å²) in [5, 5.41) is 21.6. The molecule has 0 aliphatic carbocycles. The lowest BCUT2D eigenvalue weighted by molar-refractivity contribution is -0.154. The van der Waals surface area contributed by atoms with E-state index in [4.69, 9.17) is 4.74 Å². The zero-order valence-electron chi connectivity index (χ0n) is 22.3. The Morgan fingerprint density at radius 1 is 1.11 bits per heavy atom. The van der Waals surface area contributed by atoms with Gasteiger partial charge in [0, 0.05) is 25.8 Å². The molecule has 7 nitrogen and oxygen atoms in total. The number of rotatable bonds is 2. The second kappa shape index (κ2) is 12.8. The third kappa shape index (κ3) is 7.74. The van der Waals surface area contributed by atoms with Crippen molar-refractivity contribution >= 4 is 17.7 Å². The number of nitrogens with zero attached hydrogens (tertiary/aromatic N) is 1. The van der Waals surface area contributed by atoms with E-state index in [-0.39, 0.29) is 30.1 Å². The molecule has 7 heteroatoms. The highest BCUT2D eigenvalue weighted by atomic mass is 16.5. The van der Waals surface area contributed by atoms with Crippen LogP contribution >= 0.6 is 0 Å². The van der Waals surface area contributed by atoms with Crippen molar-refractivity contribution in [3.63, 3.8) is 0 Å². The zero-order valence-corrected chi connectivity index (χ0v) is 22.3. The number of esters is 1. The first kappa shape index (κ1) is 29.2. The fourth-order valence-corrected chi connectivity index (χ4v) is 5.18. The quantitative estimate of drug-likeness (QED) is 0.448. The summed E-state index contributed by atoms with van der Waals surface area (Å²) in [6.07, 6.45) is 8.03. The fourth-order valence-electron chi connectivity index (χ4n) is 5.18. The number of cyclic esters (lactones) is 1. The number of likely N-dealkylation sites (tertiary alicyclic amines) is 1. The molecule has 35 heavy (non-hydrogen) atoms. The van der Waals surface area contributed by atoms with Crippen LogP contribution in [0, 0.1) is 17.3 Å². The molecule has 2 heterocycles. The van der Waals surface area contributed by atoms with E-state index in [1.54, 1.807) is 27.7 Å². The van der Waals surface area contributed by atoms with Gasteiger partial charge in [-0.1, -0.05) is 45.9 Å². The van der Waals surface area contributed by atoms with Gasteiger partial charge >= 0.3 is 5.97 Å². The van der Waals surface area contributed by atoms with Crippen molar-refractivity contribution in [2.24, 2.45) is 17.3 Å². The molecule has 6 atom stereocenters. The van der Waals surface area contributed by atoms with E-state index >= 15 is 0 Å². The Bertz CT molecular complexity index is 816. The molecule has 0 aromatic carbocycles. The van der Waals surface area contributed by atoms with Crippen LogP contribution in [-0.2, 0) is 19.1 Å². The molecule has 1 saturated heterocycles. The molecule has 2 rings (SSSR count). The Morgan fingerprint density at radius 3 is 2.46 bits per heavy atom. The standard InChI is InChI=1S/C28H45NO6/c1-18-12-9-7-8-10-14-23(19(2)16-22-13-11-15-29(22)21(4)30)35-25(32)17-24(31)28(5,6)27(34)20(3)26(18)33/h8,10,16,18,20,22-24,26,31,33H,7,9,11-15,17H2,1-6H3/b10-8-,19-16+/t18-,20+,22?,23?,24-,26-/m0/s1. The molecular weight excluding hydrogens is 446 g/mol. The SMILES string of the molecule is CC(=O)N1CCCC1/C=C(\C)C1C/C=C\CCC[C@H](C)[C@H](O)[C@@H](C)C(=O)C(C)(C)[C@@H](O)CC(=O)O1. The van der Waals surface area contributed by atoms with E-state index in [2.05, 4.69) is 6.08 Å². The minimum absolute atomic E-state index is 0.00733. The second-order valence-corrected chi connectivity index (χ2v) is 11.0. The lowest BCUT2D eigenvalue weighted by atomic mass is 9.73. The number of aliphatic hydroxyl groups is 2. The molecule has 0 bridgehead atoms. The normalized spacial score (nSPS) is 35.0.